The largest absolute Gasteiger partial charge is 0.329 e. The van der Waals surface area contributed by atoms with E-state index in [1.807, 2.05) is 0 Å². The molecule has 1 fully saturated rings. The van der Waals surface area contributed by atoms with Crippen molar-refractivity contribution in [2.75, 3.05) is 13.6 Å². The first kappa shape index (κ1) is 13.0. The van der Waals surface area contributed by atoms with Crippen molar-refractivity contribution < 1.29 is 0 Å². The fourth-order valence-electron chi connectivity index (χ4n) is 2.83. The lowest BCUT2D eigenvalue weighted by Gasteiger charge is -2.39. The van der Waals surface area contributed by atoms with Gasteiger partial charge < -0.3 is 5.73 Å². The molecule has 90 valence electrons. The summed E-state index contributed by atoms with van der Waals surface area (Å²) >= 11 is 0. The predicted octanol–water partition coefficient (Wildman–Crippen LogP) is 2.62. The van der Waals surface area contributed by atoms with Crippen LogP contribution in [0, 0.1) is 5.92 Å². The van der Waals surface area contributed by atoms with Crippen molar-refractivity contribution in [3.63, 3.8) is 0 Å². The van der Waals surface area contributed by atoms with Crippen molar-refractivity contribution in [1.29, 1.82) is 0 Å². The van der Waals surface area contributed by atoms with Gasteiger partial charge in [0.1, 0.15) is 0 Å². The molecule has 1 saturated carbocycles. The number of nitrogens with zero attached hydrogens (tertiary/aromatic N) is 1. The monoisotopic (exact) mass is 212 g/mol. The van der Waals surface area contributed by atoms with Gasteiger partial charge in [0.2, 0.25) is 0 Å². The lowest BCUT2D eigenvalue weighted by molar-refractivity contribution is 0.106. The van der Waals surface area contributed by atoms with Gasteiger partial charge in [0, 0.05) is 18.6 Å². The Morgan fingerprint density at radius 2 is 1.87 bits per heavy atom. The maximum absolute atomic E-state index is 5.92. The molecule has 2 N–H and O–H groups in total. The standard InChI is InChI=1S/C13H28N2/c1-4-11(2)13(10-14)15(3)12-8-6-5-7-9-12/h11-13H,4-10,14H2,1-3H3. The van der Waals surface area contributed by atoms with E-state index in [4.69, 9.17) is 5.73 Å². The van der Waals surface area contributed by atoms with Crippen molar-refractivity contribution >= 4 is 0 Å². The molecular formula is C13H28N2. The van der Waals surface area contributed by atoms with E-state index in [9.17, 15) is 0 Å². The molecule has 0 heterocycles. The highest BCUT2D eigenvalue weighted by molar-refractivity contribution is 4.82. The first-order chi connectivity index (χ1) is 7.20. The number of nitrogens with two attached hydrogens (primary N) is 1. The van der Waals surface area contributed by atoms with Crippen molar-refractivity contribution in [3.05, 3.63) is 0 Å². The molecular weight excluding hydrogens is 184 g/mol. The molecule has 0 bridgehead atoms. The third kappa shape index (κ3) is 3.46. The Morgan fingerprint density at radius 3 is 2.33 bits per heavy atom. The third-order valence-corrected chi connectivity index (χ3v) is 4.22. The summed E-state index contributed by atoms with van der Waals surface area (Å²) in [5, 5.41) is 0. The van der Waals surface area contributed by atoms with Gasteiger partial charge in [-0.3, -0.25) is 4.90 Å². The second kappa shape index (κ2) is 6.49. The van der Waals surface area contributed by atoms with Crippen molar-refractivity contribution in [3.8, 4) is 0 Å². The summed E-state index contributed by atoms with van der Waals surface area (Å²) in [6, 6.07) is 1.37. The van der Waals surface area contributed by atoms with Gasteiger partial charge in [-0.2, -0.15) is 0 Å². The van der Waals surface area contributed by atoms with E-state index in [2.05, 4.69) is 25.8 Å². The van der Waals surface area contributed by atoms with Crippen LogP contribution in [0.2, 0.25) is 0 Å². The van der Waals surface area contributed by atoms with E-state index in [-0.39, 0.29) is 0 Å². The first-order valence-electron chi connectivity index (χ1n) is 6.62. The van der Waals surface area contributed by atoms with Gasteiger partial charge in [0.05, 0.1) is 0 Å². The fourth-order valence-corrected chi connectivity index (χ4v) is 2.83. The highest BCUT2D eigenvalue weighted by Crippen LogP contribution is 2.25. The smallest absolute Gasteiger partial charge is 0.0243 e. The van der Waals surface area contributed by atoms with E-state index >= 15 is 0 Å². The molecule has 0 aromatic carbocycles. The minimum absolute atomic E-state index is 0.582. The zero-order valence-electron chi connectivity index (χ0n) is 10.7. The molecule has 2 heteroatoms. The molecule has 2 unspecified atom stereocenters. The average Bonchev–Trinajstić information content (AvgIpc) is 2.30. The summed E-state index contributed by atoms with van der Waals surface area (Å²) in [5.41, 5.74) is 5.92. The zero-order chi connectivity index (χ0) is 11.3. The molecule has 0 saturated heterocycles. The van der Waals surface area contributed by atoms with Crippen LogP contribution in [-0.4, -0.2) is 30.6 Å². The summed E-state index contributed by atoms with van der Waals surface area (Å²) in [6.07, 6.45) is 8.24. The van der Waals surface area contributed by atoms with Gasteiger partial charge >= 0.3 is 0 Å². The van der Waals surface area contributed by atoms with E-state index in [0.29, 0.717) is 6.04 Å². The summed E-state index contributed by atoms with van der Waals surface area (Å²) in [7, 11) is 2.28. The van der Waals surface area contributed by atoms with E-state index < -0.39 is 0 Å². The van der Waals surface area contributed by atoms with Crippen LogP contribution < -0.4 is 5.73 Å². The number of rotatable bonds is 5. The second-order valence-corrected chi connectivity index (χ2v) is 5.15. The number of likely N-dealkylation sites (N-methyl/N-ethyl adjacent to an activating group) is 1. The van der Waals surface area contributed by atoms with Crippen LogP contribution >= 0.6 is 0 Å². The SMILES string of the molecule is CCC(C)C(CN)N(C)C1CCCCC1. The Labute approximate surface area is 95.2 Å². The quantitative estimate of drug-likeness (QED) is 0.759. The van der Waals surface area contributed by atoms with Crippen LogP contribution in [0.3, 0.4) is 0 Å². The third-order valence-electron chi connectivity index (χ3n) is 4.22. The van der Waals surface area contributed by atoms with Crippen LogP contribution in [0.5, 0.6) is 0 Å². The molecule has 0 amide bonds. The molecule has 0 aromatic rings. The van der Waals surface area contributed by atoms with Crippen LogP contribution in [0.25, 0.3) is 0 Å². The summed E-state index contributed by atoms with van der Waals surface area (Å²) < 4.78 is 0. The Balaban J connectivity index is 2.50. The maximum atomic E-state index is 5.92. The second-order valence-electron chi connectivity index (χ2n) is 5.15. The van der Waals surface area contributed by atoms with E-state index in [1.165, 1.54) is 38.5 Å². The molecule has 0 spiro atoms. The van der Waals surface area contributed by atoms with E-state index in [1.54, 1.807) is 0 Å². The Kier molecular flexibility index (Phi) is 5.62. The van der Waals surface area contributed by atoms with Crippen molar-refractivity contribution in [2.45, 2.75) is 64.5 Å². The Morgan fingerprint density at radius 1 is 1.27 bits per heavy atom. The van der Waals surface area contributed by atoms with Crippen molar-refractivity contribution in [1.82, 2.24) is 4.90 Å². The van der Waals surface area contributed by atoms with Crippen LogP contribution in [0.4, 0.5) is 0 Å². The first-order valence-corrected chi connectivity index (χ1v) is 6.62. The molecule has 0 aromatic heterocycles. The minimum atomic E-state index is 0.582. The molecule has 1 rings (SSSR count). The van der Waals surface area contributed by atoms with Gasteiger partial charge in [-0.05, 0) is 25.8 Å². The Hall–Kier alpha value is -0.0800. The van der Waals surface area contributed by atoms with Gasteiger partial charge in [0.25, 0.3) is 0 Å². The van der Waals surface area contributed by atoms with Gasteiger partial charge in [-0.25, -0.2) is 0 Å². The maximum Gasteiger partial charge on any atom is 0.0243 e. The summed E-state index contributed by atoms with van der Waals surface area (Å²) in [6.45, 7) is 5.40. The molecule has 0 aliphatic heterocycles. The lowest BCUT2D eigenvalue weighted by atomic mass is 9.90. The Bertz CT molecular complexity index is 164. The number of hydrogen-bond donors (Lipinski definition) is 1. The molecule has 1 aliphatic carbocycles. The van der Waals surface area contributed by atoms with Gasteiger partial charge in [-0.15, -0.1) is 0 Å². The summed E-state index contributed by atoms with van der Waals surface area (Å²) in [4.78, 5) is 2.56. The normalized spacial score (nSPS) is 23.0. The van der Waals surface area contributed by atoms with Gasteiger partial charge in [-0.1, -0.05) is 39.5 Å². The molecule has 15 heavy (non-hydrogen) atoms. The molecule has 2 atom stereocenters. The lowest BCUT2D eigenvalue weighted by Crippen LogP contribution is -2.48. The van der Waals surface area contributed by atoms with Crippen LogP contribution in [-0.2, 0) is 0 Å². The topological polar surface area (TPSA) is 29.3 Å². The van der Waals surface area contributed by atoms with Gasteiger partial charge in [0.15, 0.2) is 0 Å². The van der Waals surface area contributed by atoms with Crippen LogP contribution in [0.15, 0.2) is 0 Å². The fraction of sp³-hybridized carbons (Fsp3) is 1.00. The molecule has 0 radical (unpaired) electrons. The number of hydrogen-bond acceptors (Lipinski definition) is 2. The highest BCUT2D eigenvalue weighted by atomic mass is 15.2. The minimum Gasteiger partial charge on any atom is -0.329 e. The highest BCUT2D eigenvalue weighted by Gasteiger charge is 2.26. The summed E-state index contributed by atoms with van der Waals surface area (Å²) in [5.74, 6) is 0.724. The van der Waals surface area contributed by atoms with Crippen LogP contribution in [0.1, 0.15) is 52.4 Å². The van der Waals surface area contributed by atoms with E-state index in [0.717, 1.165) is 18.5 Å². The molecule has 1 aliphatic rings. The predicted molar refractivity (Wildman–Crippen MR) is 66.9 cm³/mol. The average molecular weight is 212 g/mol. The van der Waals surface area contributed by atoms with Crippen molar-refractivity contribution in [2.24, 2.45) is 11.7 Å². The zero-order valence-corrected chi connectivity index (χ0v) is 10.7. The molecule has 2 nitrogen and oxygen atoms in total.